The molecule has 0 radical (unpaired) electrons. The summed E-state index contributed by atoms with van der Waals surface area (Å²) in [5, 5.41) is 18.8. The number of nitrogens with two attached hydrogens (primary N) is 1. The monoisotopic (exact) mass is 283 g/mol. The van der Waals surface area contributed by atoms with Gasteiger partial charge in [-0.15, -0.1) is 0 Å². The quantitative estimate of drug-likeness (QED) is 0.412. The molecule has 1 fully saturated rings. The van der Waals surface area contributed by atoms with E-state index < -0.39 is 29.7 Å². The Balaban J connectivity index is 2.15. The average Bonchev–Trinajstić information content (AvgIpc) is 2.89. The van der Waals surface area contributed by atoms with E-state index >= 15 is 0 Å². The number of aliphatic hydroxyl groups is 2. The van der Waals surface area contributed by atoms with E-state index in [0.717, 1.165) is 4.57 Å². The van der Waals surface area contributed by atoms with Crippen LogP contribution in [0.2, 0.25) is 0 Å². The number of imidazole rings is 1. The number of aromatic amines is 2. The number of nitrogen functional groups attached to an aromatic ring is 1. The fourth-order valence-electron chi connectivity index (χ4n) is 2.33. The van der Waals surface area contributed by atoms with Crippen LogP contribution >= 0.6 is 0 Å². The van der Waals surface area contributed by atoms with E-state index in [4.69, 9.17) is 15.6 Å². The highest BCUT2D eigenvalue weighted by Gasteiger charge is 2.36. The van der Waals surface area contributed by atoms with Crippen molar-refractivity contribution in [3.05, 3.63) is 20.8 Å². The van der Waals surface area contributed by atoms with Crippen LogP contribution in [-0.4, -0.2) is 48.5 Å². The Labute approximate surface area is 110 Å². The molecule has 20 heavy (non-hydrogen) atoms. The Morgan fingerprint density at radius 1 is 1.45 bits per heavy atom. The lowest BCUT2D eigenvalue weighted by Crippen LogP contribution is -2.25. The third kappa shape index (κ3) is 1.81. The van der Waals surface area contributed by atoms with Gasteiger partial charge in [-0.3, -0.25) is 14.8 Å². The highest BCUT2D eigenvalue weighted by atomic mass is 16.5. The third-order valence-corrected chi connectivity index (χ3v) is 3.27. The van der Waals surface area contributed by atoms with Crippen LogP contribution in [0.1, 0.15) is 12.6 Å². The molecular formula is C10H13N5O5. The van der Waals surface area contributed by atoms with E-state index in [-0.39, 0.29) is 30.1 Å². The smallest absolute Gasteiger partial charge is 0.329 e. The fraction of sp³-hybridized carbons (Fsp3) is 0.500. The number of nitrogens with one attached hydrogen (secondary N) is 2. The summed E-state index contributed by atoms with van der Waals surface area (Å²) in [6, 6.07) is 0. The van der Waals surface area contributed by atoms with E-state index in [2.05, 4.69) is 15.0 Å². The SMILES string of the molecule is Nc1nc2c([nH]c(=O)n2[C@H]2C[C@H](O)C(CO)O2)c(=O)[nH]1. The van der Waals surface area contributed by atoms with Gasteiger partial charge >= 0.3 is 5.69 Å². The number of aromatic nitrogens is 4. The summed E-state index contributed by atoms with van der Waals surface area (Å²) in [7, 11) is 0. The highest BCUT2D eigenvalue weighted by Crippen LogP contribution is 2.28. The molecule has 1 saturated heterocycles. The van der Waals surface area contributed by atoms with Gasteiger partial charge in [-0.25, -0.2) is 9.36 Å². The molecule has 0 spiro atoms. The van der Waals surface area contributed by atoms with Crippen LogP contribution in [0.15, 0.2) is 9.59 Å². The van der Waals surface area contributed by atoms with Crippen molar-refractivity contribution < 1.29 is 14.9 Å². The van der Waals surface area contributed by atoms with Gasteiger partial charge in [0.1, 0.15) is 12.3 Å². The standard InChI is InChI=1S/C10H13N5O5/c11-9-13-7-6(8(18)14-9)12-10(19)15(7)5-1-3(17)4(2-16)20-5/h3-5,16-17H,1-2H2,(H,12,19)(H3,11,13,14,18)/t3-,4?,5+/m0/s1. The number of hydrogen-bond acceptors (Lipinski definition) is 7. The number of nitrogens with zero attached hydrogens (tertiary/aromatic N) is 2. The normalized spacial score (nSPS) is 26.4. The fourth-order valence-corrected chi connectivity index (χ4v) is 2.33. The number of H-pyrrole nitrogens is 2. The largest absolute Gasteiger partial charge is 0.394 e. The zero-order chi connectivity index (χ0) is 14.4. The van der Waals surface area contributed by atoms with Gasteiger partial charge in [-0.2, -0.15) is 4.98 Å². The van der Waals surface area contributed by atoms with Gasteiger partial charge in [0.25, 0.3) is 5.56 Å². The summed E-state index contributed by atoms with van der Waals surface area (Å²) in [6.07, 6.45) is -2.40. The maximum absolute atomic E-state index is 11.9. The molecule has 2 aromatic rings. The number of rotatable bonds is 2. The lowest BCUT2D eigenvalue weighted by Gasteiger charge is -2.12. The second-order valence-corrected chi connectivity index (χ2v) is 4.56. The van der Waals surface area contributed by atoms with Gasteiger partial charge in [0, 0.05) is 6.42 Å². The first-order valence-electron chi connectivity index (χ1n) is 5.95. The molecule has 108 valence electrons. The molecule has 10 nitrogen and oxygen atoms in total. The number of hydrogen-bond donors (Lipinski definition) is 5. The summed E-state index contributed by atoms with van der Waals surface area (Å²) in [5.74, 6) is -0.132. The summed E-state index contributed by atoms with van der Waals surface area (Å²) in [6.45, 7) is -0.370. The predicted octanol–water partition coefficient (Wildman–Crippen LogP) is -2.36. The number of ether oxygens (including phenoxy) is 1. The number of fused-ring (bicyclic) bond motifs is 1. The molecule has 0 aromatic carbocycles. The molecular weight excluding hydrogens is 270 g/mol. The van der Waals surface area contributed by atoms with Gasteiger partial charge in [0.2, 0.25) is 5.95 Å². The highest BCUT2D eigenvalue weighted by molar-refractivity contribution is 5.70. The minimum Gasteiger partial charge on any atom is -0.394 e. The molecule has 10 heteroatoms. The lowest BCUT2D eigenvalue weighted by molar-refractivity contribution is -0.0441. The average molecular weight is 283 g/mol. The molecule has 1 aliphatic heterocycles. The third-order valence-electron chi connectivity index (χ3n) is 3.27. The molecule has 6 N–H and O–H groups in total. The molecule has 1 aliphatic rings. The zero-order valence-electron chi connectivity index (χ0n) is 10.2. The summed E-state index contributed by atoms with van der Waals surface area (Å²) in [5.41, 5.74) is 4.32. The minimum absolute atomic E-state index is 0.0188. The molecule has 3 rings (SSSR count). The number of anilines is 1. The van der Waals surface area contributed by atoms with Crippen LogP contribution in [0.25, 0.3) is 11.2 Å². The van der Waals surface area contributed by atoms with Crippen molar-refractivity contribution in [2.24, 2.45) is 0 Å². The van der Waals surface area contributed by atoms with Crippen molar-refractivity contribution in [2.45, 2.75) is 24.9 Å². The maximum atomic E-state index is 11.9. The Hall–Kier alpha value is -2.17. The molecule has 0 amide bonds. The van der Waals surface area contributed by atoms with E-state index in [1.165, 1.54) is 0 Å². The first-order valence-corrected chi connectivity index (χ1v) is 5.95. The molecule has 0 aliphatic carbocycles. The minimum atomic E-state index is -0.902. The predicted molar refractivity (Wildman–Crippen MR) is 67.0 cm³/mol. The van der Waals surface area contributed by atoms with E-state index in [9.17, 15) is 14.7 Å². The Morgan fingerprint density at radius 3 is 2.85 bits per heavy atom. The summed E-state index contributed by atoms with van der Waals surface area (Å²) >= 11 is 0. The number of aliphatic hydroxyl groups excluding tert-OH is 2. The van der Waals surface area contributed by atoms with Crippen LogP contribution in [0.4, 0.5) is 5.95 Å². The topological polar surface area (TPSA) is 159 Å². The first-order chi connectivity index (χ1) is 9.51. The second kappa shape index (κ2) is 4.44. The van der Waals surface area contributed by atoms with Crippen LogP contribution in [0.3, 0.4) is 0 Å². The molecule has 3 atom stereocenters. The molecule has 3 heterocycles. The van der Waals surface area contributed by atoms with Gasteiger partial charge in [-0.05, 0) is 0 Å². The van der Waals surface area contributed by atoms with E-state index in [1.54, 1.807) is 0 Å². The van der Waals surface area contributed by atoms with E-state index in [0.29, 0.717) is 0 Å². The lowest BCUT2D eigenvalue weighted by atomic mass is 10.2. The van der Waals surface area contributed by atoms with Crippen molar-refractivity contribution >= 4 is 17.1 Å². The van der Waals surface area contributed by atoms with Crippen molar-refractivity contribution in [3.8, 4) is 0 Å². The van der Waals surface area contributed by atoms with Crippen LogP contribution < -0.4 is 17.0 Å². The summed E-state index contributed by atoms with van der Waals surface area (Å²) < 4.78 is 6.50. The second-order valence-electron chi connectivity index (χ2n) is 4.56. The summed E-state index contributed by atoms with van der Waals surface area (Å²) in [4.78, 5) is 32.2. The molecule has 0 saturated carbocycles. The van der Waals surface area contributed by atoms with Gasteiger partial charge in [-0.1, -0.05) is 0 Å². The molecule has 1 unspecified atom stereocenters. The van der Waals surface area contributed by atoms with Crippen molar-refractivity contribution in [2.75, 3.05) is 12.3 Å². The van der Waals surface area contributed by atoms with Crippen molar-refractivity contribution in [1.29, 1.82) is 0 Å². The zero-order valence-corrected chi connectivity index (χ0v) is 10.2. The van der Waals surface area contributed by atoms with Gasteiger partial charge < -0.3 is 20.7 Å². The van der Waals surface area contributed by atoms with Crippen LogP contribution in [0, 0.1) is 0 Å². The van der Waals surface area contributed by atoms with Gasteiger partial charge in [0.05, 0.1) is 12.7 Å². The Morgan fingerprint density at radius 2 is 2.20 bits per heavy atom. The molecule has 0 bridgehead atoms. The van der Waals surface area contributed by atoms with Crippen LogP contribution in [-0.2, 0) is 4.74 Å². The first kappa shape index (κ1) is 12.8. The maximum Gasteiger partial charge on any atom is 0.329 e. The molecule has 2 aromatic heterocycles. The van der Waals surface area contributed by atoms with Crippen molar-refractivity contribution in [1.82, 2.24) is 19.5 Å². The van der Waals surface area contributed by atoms with Crippen LogP contribution in [0.5, 0.6) is 0 Å². The van der Waals surface area contributed by atoms with Crippen molar-refractivity contribution in [3.63, 3.8) is 0 Å². The Bertz CT molecular complexity index is 761. The Kier molecular flexibility index (Phi) is 2.85. The van der Waals surface area contributed by atoms with E-state index in [1.807, 2.05) is 0 Å². The van der Waals surface area contributed by atoms with Gasteiger partial charge in [0.15, 0.2) is 11.2 Å².